The molecule has 0 radical (unpaired) electrons. The van der Waals surface area contributed by atoms with Crippen LogP contribution in [-0.2, 0) is 26.2 Å². The number of carbonyl (C=O) groups is 2. The van der Waals surface area contributed by atoms with E-state index in [-0.39, 0.29) is 29.0 Å². The van der Waals surface area contributed by atoms with Crippen molar-refractivity contribution in [2.75, 3.05) is 24.0 Å². The Labute approximate surface area is 245 Å². The number of ether oxygens (including phenoxy) is 1. The summed E-state index contributed by atoms with van der Waals surface area (Å²) in [7, 11) is -4.17. The smallest absolute Gasteiger partial charge is 0.264 e. The van der Waals surface area contributed by atoms with Gasteiger partial charge in [-0.1, -0.05) is 72.2 Å². The van der Waals surface area contributed by atoms with Crippen molar-refractivity contribution in [3.05, 3.63) is 88.9 Å². The van der Waals surface area contributed by atoms with E-state index in [0.717, 1.165) is 14.3 Å². The Morgan fingerprint density at radius 2 is 1.55 bits per heavy atom. The second kappa shape index (κ2) is 14.3. The van der Waals surface area contributed by atoms with Gasteiger partial charge in [0.2, 0.25) is 11.8 Å². The summed E-state index contributed by atoms with van der Waals surface area (Å²) in [6.45, 7) is 7.78. The number of anilines is 1. The van der Waals surface area contributed by atoms with Gasteiger partial charge in [0.25, 0.3) is 10.0 Å². The molecule has 0 aliphatic rings. The van der Waals surface area contributed by atoms with Crippen LogP contribution in [0.25, 0.3) is 0 Å². The van der Waals surface area contributed by atoms with Gasteiger partial charge < -0.3 is 15.0 Å². The first-order valence-electron chi connectivity index (χ1n) is 13.2. The lowest BCUT2D eigenvalue weighted by Gasteiger charge is -2.32. The van der Waals surface area contributed by atoms with Gasteiger partial charge >= 0.3 is 0 Å². The van der Waals surface area contributed by atoms with Crippen molar-refractivity contribution in [3.63, 3.8) is 0 Å². The van der Waals surface area contributed by atoms with Crippen molar-refractivity contribution >= 4 is 43.5 Å². The van der Waals surface area contributed by atoms with Crippen molar-refractivity contribution < 1.29 is 22.7 Å². The van der Waals surface area contributed by atoms with Crippen molar-refractivity contribution in [3.8, 4) is 5.75 Å². The molecule has 0 aromatic heterocycles. The van der Waals surface area contributed by atoms with E-state index in [1.54, 1.807) is 56.3 Å². The van der Waals surface area contributed by atoms with Gasteiger partial charge in [0, 0.05) is 17.6 Å². The number of hydrogen-bond donors (Lipinski definition) is 1. The molecule has 0 saturated carbocycles. The summed E-state index contributed by atoms with van der Waals surface area (Å²) in [6, 6.07) is 21.2. The third kappa shape index (κ3) is 8.08. The minimum absolute atomic E-state index is 0.0382. The minimum atomic E-state index is -4.17. The molecule has 0 aliphatic heterocycles. The van der Waals surface area contributed by atoms with E-state index in [1.807, 2.05) is 38.1 Å². The molecule has 8 nitrogen and oxygen atoms in total. The minimum Gasteiger partial charge on any atom is -0.492 e. The van der Waals surface area contributed by atoms with Gasteiger partial charge in [-0.3, -0.25) is 13.9 Å². The van der Waals surface area contributed by atoms with Crippen LogP contribution in [0.2, 0.25) is 0 Å². The Bertz CT molecular complexity index is 1380. The Hall–Kier alpha value is -3.37. The molecule has 40 heavy (non-hydrogen) atoms. The summed E-state index contributed by atoms with van der Waals surface area (Å²) in [5, 5.41) is 2.89. The molecule has 0 spiro atoms. The zero-order chi connectivity index (χ0) is 29.3. The molecule has 0 aliphatic carbocycles. The molecule has 2 amide bonds. The van der Waals surface area contributed by atoms with Gasteiger partial charge in [-0.25, -0.2) is 8.42 Å². The second-order valence-corrected chi connectivity index (χ2v) is 12.5. The number of rotatable bonds is 13. The molecule has 1 atom stereocenters. The van der Waals surface area contributed by atoms with Gasteiger partial charge in [0.1, 0.15) is 18.3 Å². The fourth-order valence-electron chi connectivity index (χ4n) is 4.00. The maximum atomic E-state index is 14.0. The quantitative estimate of drug-likeness (QED) is 0.279. The van der Waals surface area contributed by atoms with E-state index in [2.05, 4.69) is 21.2 Å². The average Bonchev–Trinajstić information content (AvgIpc) is 2.94. The Balaban J connectivity index is 2.04. The summed E-state index contributed by atoms with van der Waals surface area (Å²) in [6.07, 6.45) is 0. The molecule has 1 unspecified atom stereocenters. The number of nitrogens with zero attached hydrogens (tertiary/aromatic N) is 2. The lowest BCUT2D eigenvalue weighted by Crippen LogP contribution is -2.51. The van der Waals surface area contributed by atoms with Crippen LogP contribution < -0.4 is 14.4 Å². The van der Waals surface area contributed by atoms with Crippen LogP contribution in [0, 0.1) is 5.92 Å². The number of amides is 2. The first-order valence-corrected chi connectivity index (χ1v) is 15.4. The SMILES string of the molecule is CCOc1ccccc1N(CC(=O)N(Cc1ccc(Br)cc1)C(C)C(=O)NCC(C)C)S(=O)(=O)c1ccccc1. The molecular formula is C30H36BrN3O5S. The first-order chi connectivity index (χ1) is 19.0. The summed E-state index contributed by atoms with van der Waals surface area (Å²) >= 11 is 3.42. The van der Waals surface area contributed by atoms with Crippen LogP contribution in [0.1, 0.15) is 33.3 Å². The molecule has 0 heterocycles. The molecule has 214 valence electrons. The highest BCUT2D eigenvalue weighted by molar-refractivity contribution is 9.10. The van der Waals surface area contributed by atoms with Crippen LogP contribution in [0.5, 0.6) is 5.75 Å². The number of hydrogen-bond acceptors (Lipinski definition) is 5. The zero-order valence-corrected chi connectivity index (χ0v) is 25.6. The molecule has 0 saturated heterocycles. The Morgan fingerprint density at radius 1 is 0.925 bits per heavy atom. The lowest BCUT2D eigenvalue weighted by atomic mass is 10.1. The first kappa shape index (κ1) is 31.2. The number of sulfonamides is 1. The van der Waals surface area contributed by atoms with Crippen LogP contribution in [0.15, 0.2) is 88.2 Å². The van der Waals surface area contributed by atoms with E-state index in [9.17, 15) is 18.0 Å². The van der Waals surface area contributed by atoms with Crippen LogP contribution in [0.4, 0.5) is 5.69 Å². The van der Waals surface area contributed by atoms with E-state index in [1.165, 1.54) is 17.0 Å². The summed E-state index contributed by atoms with van der Waals surface area (Å²) < 4.78 is 35.6. The van der Waals surface area contributed by atoms with Crippen molar-refractivity contribution in [1.29, 1.82) is 0 Å². The highest BCUT2D eigenvalue weighted by Crippen LogP contribution is 2.33. The van der Waals surface area contributed by atoms with E-state index >= 15 is 0 Å². The molecule has 1 N–H and O–H groups in total. The summed E-state index contributed by atoms with van der Waals surface area (Å²) in [4.78, 5) is 28.6. The number of benzene rings is 3. The number of carbonyl (C=O) groups excluding carboxylic acids is 2. The highest BCUT2D eigenvalue weighted by atomic mass is 79.9. The average molecular weight is 631 g/mol. The highest BCUT2D eigenvalue weighted by Gasteiger charge is 2.33. The molecular weight excluding hydrogens is 594 g/mol. The Kier molecular flexibility index (Phi) is 11.2. The van der Waals surface area contributed by atoms with Crippen LogP contribution >= 0.6 is 15.9 Å². The van der Waals surface area contributed by atoms with E-state index in [0.29, 0.717) is 18.9 Å². The molecule has 0 fully saturated rings. The normalized spacial score (nSPS) is 12.1. The monoisotopic (exact) mass is 629 g/mol. The third-order valence-electron chi connectivity index (χ3n) is 6.16. The van der Waals surface area contributed by atoms with Crippen molar-refractivity contribution in [2.24, 2.45) is 5.92 Å². The summed E-state index contributed by atoms with van der Waals surface area (Å²) in [5.74, 6) is -0.278. The van der Waals surface area contributed by atoms with Gasteiger partial charge in [-0.15, -0.1) is 0 Å². The summed E-state index contributed by atoms with van der Waals surface area (Å²) in [5.41, 5.74) is 1.04. The second-order valence-electron chi connectivity index (χ2n) is 9.69. The predicted molar refractivity (Wildman–Crippen MR) is 161 cm³/mol. The topological polar surface area (TPSA) is 96.0 Å². The van der Waals surface area contributed by atoms with Crippen LogP contribution in [-0.4, -0.2) is 50.9 Å². The fourth-order valence-corrected chi connectivity index (χ4v) is 5.71. The molecule has 3 rings (SSSR count). The maximum absolute atomic E-state index is 14.0. The number of nitrogens with one attached hydrogen (secondary N) is 1. The van der Waals surface area contributed by atoms with E-state index in [4.69, 9.17) is 4.74 Å². The predicted octanol–water partition coefficient (Wildman–Crippen LogP) is 5.23. The Morgan fingerprint density at radius 3 is 2.17 bits per heavy atom. The molecule has 3 aromatic rings. The zero-order valence-electron chi connectivity index (χ0n) is 23.2. The molecule has 3 aromatic carbocycles. The van der Waals surface area contributed by atoms with E-state index < -0.39 is 28.5 Å². The van der Waals surface area contributed by atoms with Gasteiger partial charge in [0.05, 0.1) is 17.2 Å². The molecule has 10 heteroatoms. The van der Waals surface area contributed by atoms with Gasteiger partial charge in [0.15, 0.2) is 0 Å². The maximum Gasteiger partial charge on any atom is 0.264 e. The fraction of sp³-hybridized carbons (Fsp3) is 0.333. The van der Waals surface area contributed by atoms with Gasteiger partial charge in [-0.2, -0.15) is 0 Å². The number of para-hydroxylation sites is 2. The number of halogens is 1. The standard InChI is InChI=1S/C30H36BrN3O5S/c1-5-39-28-14-10-9-13-27(28)34(40(37,38)26-11-7-6-8-12-26)21-29(35)33(20-24-15-17-25(31)18-16-24)23(4)30(36)32-19-22(2)3/h6-18,22-23H,5,19-21H2,1-4H3,(H,32,36). The molecule has 0 bridgehead atoms. The van der Waals surface area contributed by atoms with Gasteiger partial charge in [-0.05, 0) is 61.7 Å². The third-order valence-corrected chi connectivity index (χ3v) is 8.46. The van der Waals surface area contributed by atoms with Crippen molar-refractivity contribution in [2.45, 2.75) is 45.2 Å². The van der Waals surface area contributed by atoms with Crippen LogP contribution in [0.3, 0.4) is 0 Å². The lowest BCUT2D eigenvalue weighted by molar-refractivity contribution is -0.139. The van der Waals surface area contributed by atoms with Crippen molar-refractivity contribution in [1.82, 2.24) is 10.2 Å². The largest absolute Gasteiger partial charge is 0.492 e.